The van der Waals surface area contributed by atoms with Crippen molar-refractivity contribution >= 4 is 77.1 Å². The Balaban J connectivity index is 1.06. The summed E-state index contributed by atoms with van der Waals surface area (Å²) in [6, 6.07) is 65.8. The van der Waals surface area contributed by atoms with Crippen molar-refractivity contribution in [2.24, 2.45) is 9.98 Å². The fraction of sp³-hybridized carbons (Fsp3) is 0.0189. The number of para-hydroxylation sites is 2. The highest BCUT2D eigenvalue weighted by atomic mass is 16.3. The monoisotopic (exact) mass is 743 g/mol. The van der Waals surface area contributed by atoms with E-state index in [0.717, 1.165) is 82.9 Å². The minimum Gasteiger partial charge on any atom is -0.456 e. The van der Waals surface area contributed by atoms with Crippen LogP contribution in [0.1, 0.15) is 22.9 Å². The van der Waals surface area contributed by atoms with Crippen LogP contribution in [0, 0.1) is 0 Å². The van der Waals surface area contributed by atoms with Crippen molar-refractivity contribution in [1.29, 1.82) is 0 Å². The van der Waals surface area contributed by atoms with Gasteiger partial charge in [0.05, 0.1) is 0 Å². The molecule has 0 saturated heterocycles. The summed E-state index contributed by atoms with van der Waals surface area (Å²) in [5.41, 5.74) is 10.7. The smallest absolute Gasteiger partial charge is 0.160 e. The molecule has 5 nitrogen and oxygen atoms in total. The number of nitrogens with one attached hydrogen (secondary N) is 1. The number of nitrogens with zero attached hydrogens (tertiary/aromatic N) is 2. The lowest BCUT2D eigenvalue weighted by atomic mass is 9.96. The maximum Gasteiger partial charge on any atom is 0.160 e. The molecule has 1 N–H and O–H groups in total. The van der Waals surface area contributed by atoms with E-state index >= 15 is 0 Å². The molecule has 3 heterocycles. The zero-order chi connectivity index (χ0) is 38.2. The lowest BCUT2D eigenvalue weighted by Gasteiger charge is -2.24. The zero-order valence-electron chi connectivity index (χ0n) is 31.2. The Morgan fingerprint density at radius 1 is 0.397 bits per heavy atom. The van der Waals surface area contributed by atoms with Crippen molar-refractivity contribution in [2.75, 3.05) is 0 Å². The molecule has 0 fully saturated rings. The summed E-state index contributed by atoms with van der Waals surface area (Å²) in [6.45, 7) is 0. The van der Waals surface area contributed by atoms with Crippen LogP contribution >= 0.6 is 0 Å². The lowest BCUT2D eigenvalue weighted by molar-refractivity contribution is 0.663. The number of fused-ring (bicyclic) bond motifs is 9. The molecule has 0 spiro atoms. The van der Waals surface area contributed by atoms with E-state index in [1.165, 1.54) is 27.3 Å². The largest absolute Gasteiger partial charge is 0.456 e. The second kappa shape index (κ2) is 12.9. The molecule has 9 aromatic carbocycles. The second-order valence-electron chi connectivity index (χ2n) is 15.0. The molecule has 0 bridgehead atoms. The third-order valence-electron chi connectivity index (χ3n) is 11.5. The van der Waals surface area contributed by atoms with Gasteiger partial charge in [-0.1, -0.05) is 146 Å². The first-order chi connectivity index (χ1) is 28.7. The Bertz CT molecular complexity index is 3480. The zero-order valence-corrected chi connectivity index (χ0v) is 31.2. The summed E-state index contributed by atoms with van der Waals surface area (Å²) in [5.74, 6) is 1.38. The van der Waals surface area contributed by atoms with Crippen molar-refractivity contribution in [3.63, 3.8) is 0 Å². The standard InChI is InChI=1S/C53H33N3O2/c1-2-10-32(11-3-1)33-18-20-34(21-19-33)39-30-45(50-43-15-7-9-17-47(43)58-49(50)31-39)53-55-51(37-24-26-41-36(28-37)23-22-35-12-4-5-13-40(35)41)54-52(56-53)38-25-27-48-44(29-38)42-14-6-8-16-46(42)57-48/h1-31,52H,(H,54,55,56). The SMILES string of the molecule is c1ccc(-c2ccc(-c3cc(C4=NC(c5ccc6oc7ccccc7c6c5)NC(c5ccc6c(ccc7ccccc76)c5)=N4)c4c(c3)oc3ccccc34)cc2)cc1. The van der Waals surface area contributed by atoms with Gasteiger partial charge in [0, 0.05) is 32.7 Å². The van der Waals surface area contributed by atoms with E-state index in [-0.39, 0.29) is 0 Å². The fourth-order valence-electron chi connectivity index (χ4n) is 8.64. The lowest BCUT2D eigenvalue weighted by Crippen LogP contribution is -2.33. The van der Waals surface area contributed by atoms with Crippen molar-refractivity contribution in [3.8, 4) is 22.3 Å². The van der Waals surface area contributed by atoms with E-state index in [4.69, 9.17) is 18.8 Å². The Morgan fingerprint density at radius 3 is 1.86 bits per heavy atom. The summed E-state index contributed by atoms with van der Waals surface area (Å²) in [7, 11) is 0. The van der Waals surface area contributed by atoms with Crippen LogP contribution < -0.4 is 5.32 Å². The van der Waals surface area contributed by atoms with Gasteiger partial charge in [0.1, 0.15) is 34.3 Å². The number of benzene rings is 9. The molecule has 5 heteroatoms. The molecule has 0 saturated carbocycles. The highest BCUT2D eigenvalue weighted by Gasteiger charge is 2.25. The second-order valence-corrected chi connectivity index (χ2v) is 15.0. The number of hydrogen-bond donors (Lipinski definition) is 1. The van der Waals surface area contributed by atoms with E-state index in [9.17, 15) is 0 Å². The van der Waals surface area contributed by atoms with Gasteiger partial charge in [-0.3, -0.25) is 0 Å². The van der Waals surface area contributed by atoms with Crippen LogP contribution in [0.2, 0.25) is 0 Å². The van der Waals surface area contributed by atoms with E-state index in [0.29, 0.717) is 5.84 Å². The highest BCUT2D eigenvalue weighted by molar-refractivity contribution is 6.23. The Morgan fingerprint density at radius 2 is 1.02 bits per heavy atom. The molecule has 12 rings (SSSR count). The molecule has 58 heavy (non-hydrogen) atoms. The Kier molecular flexibility index (Phi) is 7.23. The molecule has 2 aromatic heterocycles. The molecule has 1 aliphatic heterocycles. The number of rotatable bonds is 5. The molecule has 0 aliphatic carbocycles. The van der Waals surface area contributed by atoms with Gasteiger partial charge >= 0.3 is 0 Å². The predicted molar refractivity (Wildman–Crippen MR) is 239 cm³/mol. The van der Waals surface area contributed by atoms with Gasteiger partial charge in [-0.05, 0) is 91.8 Å². The van der Waals surface area contributed by atoms with Crippen LogP contribution in [-0.4, -0.2) is 11.7 Å². The summed E-state index contributed by atoms with van der Waals surface area (Å²) >= 11 is 0. The molecule has 0 amide bonds. The minimum atomic E-state index is -0.435. The Hall–Kier alpha value is -7.76. The van der Waals surface area contributed by atoms with E-state index in [1.807, 2.05) is 30.3 Å². The first-order valence-corrected chi connectivity index (χ1v) is 19.6. The normalized spacial score (nSPS) is 14.4. The van der Waals surface area contributed by atoms with Gasteiger partial charge in [-0.15, -0.1) is 0 Å². The molecule has 1 unspecified atom stereocenters. The Labute approximate surface area is 333 Å². The van der Waals surface area contributed by atoms with Crippen molar-refractivity contribution in [1.82, 2.24) is 5.32 Å². The number of furan rings is 2. The fourth-order valence-corrected chi connectivity index (χ4v) is 8.64. The summed E-state index contributed by atoms with van der Waals surface area (Å²) in [5, 5.41) is 12.7. The average Bonchev–Trinajstić information content (AvgIpc) is 3.87. The van der Waals surface area contributed by atoms with Crippen LogP contribution in [0.5, 0.6) is 0 Å². The van der Waals surface area contributed by atoms with Gasteiger partial charge in [0.25, 0.3) is 0 Å². The van der Waals surface area contributed by atoms with Crippen LogP contribution in [-0.2, 0) is 0 Å². The summed E-state index contributed by atoms with van der Waals surface area (Å²) < 4.78 is 12.8. The number of hydrogen-bond acceptors (Lipinski definition) is 5. The van der Waals surface area contributed by atoms with Crippen molar-refractivity contribution in [2.45, 2.75) is 6.17 Å². The molecular formula is C53H33N3O2. The molecule has 1 atom stereocenters. The molecular weight excluding hydrogens is 711 g/mol. The highest BCUT2D eigenvalue weighted by Crippen LogP contribution is 2.38. The first kappa shape index (κ1) is 32.5. The van der Waals surface area contributed by atoms with E-state index < -0.39 is 6.17 Å². The van der Waals surface area contributed by atoms with Gasteiger partial charge in [0.15, 0.2) is 5.84 Å². The van der Waals surface area contributed by atoms with Crippen LogP contribution in [0.25, 0.3) is 87.7 Å². The summed E-state index contributed by atoms with van der Waals surface area (Å²) in [6.07, 6.45) is -0.435. The molecule has 11 aromatic rings. The maximum absolute atomic E-state index is 6.60. The van der Waals surface area contributed by atoms with E-state index in [1.54, 1.807) is 0 Å². The molecule has 0 radical (unpaired) electrons. The van der Waals surface area contributed by atoms with Gasteiger partial charge in [-0.2, -0.15) is 0 Å². The van der Waals surface area contributed by atoms with Crippen LogP contribution in [0.15, 0.2) is 207 Å². The first-order valence-electron chi connectivity index (χ1n) is 19.6. The molecule has 1 aliphatic rings. The maximum atomic E-state index is 6.60. The van der Waals surface area contributed by atoms with Crippen LogP contribution in [0.4, 0.5) is 0 Å². The predicted octanol–water partition coefficient (Wildman–Crippen LogP) is 13.6. The topological polar surface area (TPSA) is 63.0 Å². The van der Waals surface area contributed by atoms with Crippen LogP contribution in [0.3, 0.4) is 0 Å². The van der Waals surface area contributed by atoms with Gasteiger partial charge in [-0.25, -0.2) is 9.98 Å². The van der Waals surface area contributed by atoms with Gasteiger partial charge in [0.2, 0.25) is 0 Å². The third kappa shape index (κ3) is 5.32. The van der Waals surface area contributed by atoms with Crippen molar-refractivity contribution in [3.05, 3.63) is 205 Å². The van der Waals surface area contributed by atoms with Crippen molar-refractivity contribution < 1.29 is 8.83 Å². The third-order valence-corrected chi connectivity index (χ3v) is 11.5. The van der Waals surface area contributed by atoms with E-state index in [2.05, 4.69) is 163 Å². The minimum absolute atomic E-state index is 0.435. The number of aliphatic imine (C=N–C) groups is 2. The summed E-state index contributed by atoms with van der Waals surface area (Å²) in [4.78, 5) is 10.8. The molecule has 272 valence electrons. The quantitative estimate of drug-likeness (QED) is 0.179. The average molecular weight is 744 g/mol. The number of amidine groups is 2. The van der Waals surface area contributed by atoms with Gasteiger partial charge < -0.3 is 14.2 Å².